The van der Waals surface area contributed by atoms with E-state index in [1.165, 1.54) is 6.42 Å². The van der Waals surface area contributed by atoms with E-state index in [9.17, 15) is 4.21 Å². The first-order chi connectivity index (χ1) is 6.77. The molecule has 0 rings (SSSR count). The fourth-order valence-corrected chi connectivity index (χ4v) is 1.57. The van der Waals surface area contributed by atoms with Gasteiger partial charge in [0.25, 0.3) is 0 Å². The smallest absolute Gasteiger partial charge is 0.0590 e. The zero-order valence-corrected chi connectivity index (χ0v) is 10.2. The minimum atomic E-state index is -0.648. The van der Waals surface area contributed by atoms with Crippen molar-refractivity contribution in [3.05, 3.63) is 0 Å². The third-order valence-electron chi connectivity index (χ3n) is 1.85. The summed E-state index contributed by atoms with van der Waals surface area (Å²) in [6.07, 6.45) is 5.07. The van der Waals surface area contributed by atoms with Crippen LogP contribution in [0.4, 0.5) is 0 Å². The molecule has 0 fully saturated rings. The van der Waals surface area contributed by atoms with Crippen molar-refractivity contribution in [3.63, 3.8) is 0 Å². The number of hydrogen-bond acceptors (Lipinski definition) is 3. The van der Waals surface area contributed by atoms with Crippen LogP contribution >= 0.6 is 0 Å². The van der Waals surface area contributed by atoms with Crippen LogP contribution in [0.2, 0.25) is 0 Å². The summed E-state index contributed by atoms with van der Waals surface area (Å²) in [5.41, 5.74) is 0. The van der Waals surface area contributed by atoms with E-state index in [1.807, 2.05) is 0 Å². The Labute approximate surface area is 90.1 Å². The van der Waals surface area contributed by atoms with E-state index in [1.54, 1.807) is 6.26 Å². The van der Waals surface area contributed by atoms with Crippen LogP contribution in [-0.4, -0.2) is 42.5 Å². The lowest BCUT2D eigenvalue weighted by atomic mass is 10.4. The monoisotopic (exact) mass is 221 g/mol. The Morgan fingerprint density at radius 2 is 2.00 bits per heavy atom. The van der Waals surface area contributed by atoms with Crippen molar-refractivity contribution in [1.82, 2.24) is 5.32 Å². The third kappa shape index (κ3) is 12.1. The van der Waals surface area contributed by atoms with Gasteiger partial charge in [-0.05, 0) is 19.4 Å². The molecule has 86 valence electrons. The summed E-state index contributed by atoms with van der Waals surface area (Å²) in [6.45, 7) is 5.66. The Morgan fingerprint density at radius 1 is 1.21 bits per heavy atom. The lowest BCUT2D eigenvalue weighted by molar-refractivity contribution is 0.133. The first-order valence-corrected chi connectivity index (χ1v) is 7.08. The van der Waals surface area contributed by atoms with Crippen molar-refractivity contribution < 1.29 is 8.95 Å². The number of hydrogen-bond donors (Lipinski definition) is 1. The van der Waals surface area contributed by atoms with E-state index in [0.717, 1.165) is 44.9 Å². The Hall–Kier alpha value is 0.0700. The molecule has 1 unspecified atom stereocenters. The molecule has 0 aliphatic carbocycles. The molecule has 0 aromatic heterocycles. The van der Waals surface area contributed by atoms with Gasteiger partial charge in [-0.15, -0.1) is 0 Å². The van der Waals surface area contributed by atoms with Gasteiger partial charge < -0.3 is 10.1 Å². The predicted molar refractivity (Wildman–Crippen MR) is 62.1 cm³/mol. The second-order valence-electron chi connectivity index (χ2n) is 3.35. The van der Waals surface area contributed by atoms with Gasteiger partial charge in [-0.25, -0.2) is 0 Å². The average molecular weight is 221 g/mol. The molecule has 0 saturated heterocycles. The number of nitrogens with one attached hydrogen (secondary N) is 1. The van der Waals surface area contributed by atoms with E-state index >= 15 is 0 Å². The SMILES string of the molecule is CCCCOCCNCCCS(C)=O. The lowest BCUT2D eigenvalue weighted by Crippen LogP contribution is -2.22. The molecule has 4 heteroatoms. The molecule has 3 nitrogen and oxygen atoms in total. The second kappa shape index (κ2) is 11.1. The summed E-state index contributed by atoms with van der Waals surface area (Å²) in [5.74, 6) is 0.795. The van der Waals surface area contributed by atoms with Crippen molar-refractivity contribution in [1.29, 1.82) is 0 Å². The second-order valence-corrected chi connectivity index (χ2v) is 4.90. The van der Waals surface area contributed by atoms with E-state index in [2.05, 4.69) is 12.2 Å². The zero-order chi connectivity index (χ0) is 10.6. The molecule has 1 N–H and O–H groups in total. The average Bonchev–Trinajstić information content (AvgIpc) is 2.15. The maximum absolute atomic E-state index is 10.7. The molecule has 14 heavy (non-hydrogen) atoms. The van der Waals surface area contributed by atoms with Gasteiger partial charge in [0.1, 0.15) is 0 Å². The van der Waals surface area contributed by atoms with Gasteiger partial charge in [-0.1, -0.05) is 13.3 Å². The van der Waals surface area contributed by atoms with Crippen LogP contribution in [-0.2, 0) is 15.5 Å². The number of ether oxygens (including phenoxy) is 1. The summed E-state index contributed by atoms with van der Waals surface area (Å²) in [7, 11) is -0.648. The first kappa shape index (κ1) is 14.1. The third-order valence-corrected chi connectivity index (χ3v) is 2.71. The molecule has 0 amide bonds. The molecular weight excluding hydrogens is 198 g/mol. The maximum atomic E-state index is 10.7. The normalized spacial score (nSPS) is 13.0. The molecule has 0 saturated carbocycles. The molecule has 0 heterocycles. The van der Waals surface area contributed by atoms with Crippen LogP contribution < -0.4 is 5.32 Å². The quantitative estimate of drug-likeness (QED) is 0.563. The highest BCUT2D eigenvalue weighted by molar-refractivity contribution is 7.84. The molecule has 0 aromatic carbocycles. The van der Waals surface area contributed by atoms with Gasteiger partial charge in [-0.2, -0.15) is 0 Å². The van der Waals surface area contributed by atoms with Gasteiger partial charge in [0.15, 0.2) is 0 Å². The molecule has 0 spiro atoms. The fraction of sp³-hybridized carbons (Fsp3) is 1.00. The topological polar surface area (TPSA) is 38.3 Å². The van der Waals surface area contributed by atoms with E-state index < -0.39 is 10.8 Å². The molecule has 0 bridgehead atoms. The van der Waals surface area contributed by atoms with Crippen LogP contribution in [0.15, 0.2) is 0 Å². The van der Waals surface area contributed by atoms with Gasteiger partial charge in [0, 0.05) is 36.0 Å². The van der Waals surface area contributed by atoms with Crippen molar-refractivity contribution in [2.24, 2.45) is 0 Å². The lowest BCUT2D eigenvalue weighted by Gasteiger charge is -2.04. The van der Waals surface area contributed by atoms with Gasteiger partial charge in [0.05, 0.1) is 6.61 Å². The Bertz CT molecular complexity index is 142. The van der Waals surface area contributed by atoms with Gasteiger partial charge in [-0.3, -0.25) is 4.21 Å². The Balaban J connectivity index is 2.88. The standard InChI is InChI=1S/C10H23NO2S/c1-3-4-8-13-9-7-11-6-5-10-14(2)12/h11H,3-10H2,1-2H3. The summed E-state index contributed by atoms with van der Waals surface area (Å²) >= 11 is 0. The highest BCUT2D eigenvalue weighted by Crippen LogP contribution is 1.86. The highest BCUT2D eigenvalue weighted by atomic mass is 32.2. The van der Waals surface area contributed by atoms with Crippen LogP contribution in [0.1, 0.15) is 26.2 Å². The fourth-order valence-electron chi connectivity index (χ4n) is 1.02. The minimum Gasteiger partial charge on any atom is -0.380 e. The van der Waals surface area contributed by atoms with Gasteiger partial charge >= 0.3 is 0 Å². The Kier molecular flexibility index (Phi) is 11.2. The van der Waals surface area contributed by atoms with Crippen molar-refractivity contribution in [2.45, 2.75) is 26.2 Å². The van der Waals surface area contributed by atoms with Crippen molar-refractivity contribution >= 4 is 10.8 Å². The molecule has 0 aliphatic rings. The Morgan fingerprint density at radius 3 is 2.64 bits per heavy atom. The summed E-state index contributed by atoms with van der Waals surface area (Å²) in [4.78, 5) is 0. The molecule has 1 atom stereocenters. The number of rotatable bonds is 10. The molecule has 0 radical (unpaired) electrons. The molecular formula is C10H23NO2S. The van der Waals surface area contributed by atoms with Crippen LogP contribution in [0, 0.1) is 0 Å². The highest BCUT2D eigenvalue weighted by Gasteiger charge is 1.91. The number of unbranched alkanes of at least 4 members (excludes halogenated alkanes) is 1. The minimum absolute atomic E-state index is 0.648. The maximum Gasteiger partial charge on any atom is 0.0590 e. The van der Waals surface area contributed by atoms with Crippen molar-refractivity contribution in [3.8, 4) is 0 Å². The van der Waals surface area contributed by atoms with E-state index in [0.29, 0.717) is 0 Å². The van der Waals surface area contributed by atoms with E-state index in [-0.39, 0.29) is 0 Å². The predicted octanol–water partition coefficient (Wildman–Crippen LogP) is 1.16. The first-order valence-electron chi connectivity index (χ1n) is 5.36. The van der Waals surface area contributed by atoms with Crippen molar-refractivity contribution in [2.75, 3.05) is 38.3 Å². The summed E-state index contributed by atoms with van der Waals surface area (Å²) in [6, 6.07) is 0. The van der Waals surface area contributed by atoms with Gasteiger partial charge in [0.2, 0.25) is 0 Å². The zero-order valence-electron chi connectivity index (χ0n) is 9.38. The largest absolute Gasteiger partial charge is 0.380 e. The van der Waals surface area contributed by atoms with Crippen LogP contribution in [0.3, 0.4) is 0 Å². The molecule has 0 aliphatic heterocycles. The van der Waals surface area contributed by atoms with Crippen LogP contribution in [0.25, 0.3) is 0 Å². The van der Waals surface area contributed by atoms with E-state index in [4.69, 9.17) is 4.74 Å². The summed E-state index contributed by atoms with van der Waals surface area (Å²) < 4.78 is 16.1. The summed E-state index contributed by atoms with van der Waals surface area (Å²) in [5, 5.41) is 3.26. The molecule has 0 aromatic rings. The van der Waals surface area contributed by atoms with Crippen LogP contribution in [0.5, 0.6) is 0 Å².